The molecule has 2 aliphatic heterocycles. The Balaban J connectivity index is 1.34. The second-order valence-electron chi connectivity index (χ2n) is 10.4. The Morgan fingerprint density at radius 3 is 2.48 bits per heavy atom. The number of aliphatic imine (C=N–C) groups is 1. The van der Waals surface area contributed by atoms with E-state index in [-0.39, 0.29) is 23.5 Å². The molecule has 2 aliphatic rings. The minimum Gasteiger partial charge on any atom is -0.494 e. The number of aromatic nitrogens is 1. The third kappa shape index (κ3) is 4.97. The number of carboxylic acid groups (broad SMARTS) is 1. The van der Waals surface area contributed by atoms with Gasteiger partial charge in [-0.1, -0.05) is 36.4 Å². The molecule has 3 heterocycles. The number of nitrogens with zero attached hydrogens (tertiary/aromatic N) is 3. The number of fused-ring (bicyclic) bond motifs is 2. The number of aromatic amines is 1. The smallest absolute Gasteiger partial charge is 0.335 e. The van der Waals surface area contributed by atoms with E-state index in [1.807, 2.05) is 53.4 Å². The zero-order chi connectivity index (χ0) is 27.8. The highest BCUT2D eigenvalue weighted by atomic mass is 16.4. The molecule has 0 aliphatic carbocycles. The van der Waals surface area contributed by atoms with Crippen LogP contribution in [0, 0.1) is 0 Å². The maximum Gasteiger partial charge on any atom is 0.335 e. The van der Waals surface area contributed by atoms with Crippen LogP contribution in [-0.2, 0) is 11.2 Å². The number of likely N-dealkylation sites (tertiary alicyclic amines) is 1. The fraction of sp³-hybridized carbons (Fsp3) is 0.258. The van der Waals surface area contributed by atoms with Gasteiger partial charge in [0, 0.05) is 41.8 Å². The summed E-state index contributed by atoms with van der Waals surface area (Å²) in [7, 11) is 0. The summed E-state index contributed by atoms with van der Waals surface area (Å²) in [5.74, 6) is -1.08. The van der Waals surface area contributed by atoms with Crippen molar-refractivity contribution < 1.29 is 24.9 Å². The van der Waals surface area contributed by atoms with Gasteiger partial charge in [0.25, 0.3) is 0 Å². The van der Waals surface area contributed by atoms with Gasteiger partial charge in [-0.25, -0.2) is 9.79 Å². The number of aromatic carboxylic acids is 1. The molecule has 4 N–H and O–H groups in total. The minimum absolute atomic E-state index is 0.0563. The molecule has 204 valence electrons. The van der Waals surface area contributed by atoms with E-state index in [0.717, 1.165) is 36.3 Å². The van der Waals surface area contributed by atoms with Crippen molar-refractivity contribution >= 4 is 39.9 Å². The molecule has 0 unspecified atom stereocenters. The molecule has 0 radical (unpaired) electrons. The third-order valence-corrected chi connectivity index (χ3v) is 7.73. The van der Waals surface area contributed by atoms with Crippen molar-refractivity contribution in [2.75, 3.05) is 31.1 Å². The number of carbonyl (C=O) groups excluding carboxylic acids is 1. The van der Waals surface area contributed by atoms with Crippen molar-refractivity contribution in [1.82, 2.24) is 9.88 Å². The number of hydrogen-bond donors (Lipinski definition) is 4. The van der Waals surface area contributed by atoms with Crippen LogP contribution < -0.4 is 4.90 Å². The zero-order valence-electron chi connectivity index (χ0n) is 21.9. The van der Waals surface area contributed by atoms with Gasteiger partial charge in [0.1, 0.15) is 0 Å². The summed E-state index contributed by atoms with van der Waals surface area (Å²) >= 11 is 0. The number of aliphatic hydroxyl groups excluding tert-OH is 1. The van der Waals surface area contributed by atoms with Crippen molar-refractivity contribution in [2.45, 2.75) is 25.4 Å². The zero-order valence-corrected chi connectivity index (χ0v) is 21.9. The predicted molar refractivity (Wildman–Crippen MR) is 153 cm³/mol. The number of benzene rings is 3. The average molecular weight is 539 g/mol. The molecule has 0 atom stereocenters. The molecule has 40 heavy (non-hydrogen) atoms. The summed E-state index contributed by atoms with van der Waals surface area (Å²) in [5, 5.41) is 30.7. The van der Waals surface area contributed by atoms with Gasteiger partial charge in [-0.2, -0.15) is 0 Å². The molecular weight excluding hydrogens is 508 g/mol. The summed E-state index contributed by atoms with van der Waals surface area (Å²) in [6, 6.07) is 20.0. The van der Waals surface area contributed by atoms with E-state index in [1.165, 1.54) is 12.1 Å². The number of H-pyrrole nitrogens is 1. The first-order chi connectivity index (χ1) is 19.4. The third-order valence-electron chi connectivity index (χ3n) is 7.73. The fourth-order valence-electron chi connectivity index (χ4n) is 5.62. The first kappa shape index (κ1) is 25.8. The quantitative estimate of drug-likeness (QED) is 0.274. The van der Waals surface area contributed by atoms with Gasteiger partial charge in [-0.15, -0.1) is 0 Å². The van der Waals surface area contributed by atoms with E-state index in [9.17, 15) is 24.9 Å². The van der Waals surface area contributed by atoms with Crippen LogP contribution in [0.2, 0.25) is 0 Å². The summed E-state index contributed by atoms with van der Waals surface area (Å²) < 4.78 is 0. The van der Waals surface area contributed by atoms with Crippen molar-refractivity contribution in [3.8, 4) is 5.88 Å². The van der Waals surface area contributed by atoms with Crippen molar-refractivity contribution in [1.29, 1.82) is 0 Å². The van der Waals surface area contributed by atoms with Crippen LogP contribution in [0.1, 0.15) is 39.9 Å². The Kier molecular flexibility index (Phi) is 6.83. The Labute approximate surface area is 231 Å². The maximum absolute atomic E-state index is 13.1. The molecule has 0 saturated carbocycles. The second-order valence-corrected chi connectivity index (χ2v) is 10.4. The molecule has 1 fully saturated rings. The Morgan fingerprint density at radius 1 is 0.950 bits per heavy atom. The highest BCUT2D eigenvalue weighted by molar-refractivity contribution is 6.22. The number of anilines is 1. The first-order valence-electron chi connectivity index (χ1n) is 13.4. The topological polar surface area (TPSA) is 129 Å². The normalized spacial score (nSPS) is 16.4. The van der Waals surface area contributed by atoms with Gasteiger partial charge < -0.3 is 25.2 Å². The molecule has 0 bridgehead atoms. The maximum atomic E-state index is 13.1. The number of carboxylic acids is 1. The van der Waals surface area contributed by atoms with Gasteiger partial charge in [0.15, 0.2) is 5.88 Å². The van der Waals surface area contributed by atoms with Crippen molar-refractivity contribution in [3.05, 3.63) is 89.0 Å². The molecule has 1 aromatic heterocycles. The molecule has 9 heteroatoms. The van der Waals surface area contributed by atoms with Gasteiger partial charge in [0.2, 0.25) is 5.91 Å². The first-order valence-corrected chi connectivity index (χ1v) is 13.4. The molecule has 1 saturated heterocycles. The van der Waals surface area contributed by atoms with E-state index in [2.05, 4.69) is 9.88 Å². The number of nitrogens with one attached hydrogen (secondary N) is 1. The summed E-state index contributed by atoms with van der Waals surface area (Å²) in [4.78, 5) is 36.4. The number of aromatic hydroxyl groups is 1. The molecule has 3 aromatic carbocycles. The Hall–Kier alpha value is -4.47. The molecular formula is C31H30N4O5. The summed E-state index contributed by atoms with van der Waals surface area (Å²) in [5.41, 5.74) is 5.06. The van der Waals surface area contributed by atoms with E-state index >= 15 is 0 Å². The lowest BCUT2D eigenvalue weighted by Gasteiger charge is -2.30. The summed E-state index contributed by atoms with van der Waals surface area (Å²) in [6.45, 7) is 2.40. The lowest BCUT2D eigenvalue weighted by molar-refractivity contribution is -0.120. The number of hydrogen-bond acceptors (Lipinski definition) is 6. The lowest BCUT2D eigenvalue weighted by atomic mass is 10.00. The van der Waals surface area contributed by atoms with Gasteiger partial charge in [0.05, 0.1) is 35.2 Å². The van der Waals surface area contributed by atoms with Gasteiger partial charge in [-0.3, -0.25) is 9.69 Å². The largest absolute Gasteiger partial charge is 0.494 e. The Morgan fingerprint density at radius 2 is 1.73 bits per heavy atom. The van der Waals surface area contributed by atoms with Crippen LogP contribution >= 0.6 is 0 Å². The predicted octanol–water partition coefficient (Wildman–Crippen LogP) is 4.09. The Bertz CT molecular complexity index is 1620. The second kappa shape index (κ2) is 10.6. The van der Waals surface area contributed by atoms with Crippen LogP contribution in [0.3, 0.4) is 0 Å². The van der Waals surface area contributed by atoms with Crippen LogP contribution in [0.25, 0.3) is 10.9 Å². The summed E-state index contributed by atoms with van der Waals surface area (Å²) in [6.07, 6.45) is 1.84. The minimum atomic E-state index is -1.05. The van der Waals surface area contributed by atoms with Crippen LogP contribution in [0.15, 0.2) is 71.7 Å². The SMILES string of the molecule is O=C(O)c1ccc2c(C(=Nc3ccc4c(c3)CCN4C(=O)CN3CCC(O)CC3)c3ccccc3)c(O)[nH]c2c1. The highest BCUT2D eigenvalue weighted by Gasteiger charge is 2.28. The average Bonchev–Trinajstić information content (AvgIpc) is 3.53. The van der Waals surface area contributed by atoms with E-state index in [1.54, 1.807) is 6.07 Å². The molecule has 0 spiro atoms. The standard InChI is InChI=1S/C31H30N4O5/c36-23-11-13-34(14-12-23)18-27(37)35-15-10-20-16-22(7-9-26(20)35)32-29(19-4-2-1-3-5-19)28-24-8-6-21(31(39)40)17-25(24)33-30(28)38/h1-9,16-17,23,33,36,38H,10-15,18H2,(H,39,40). The van der Waals surface area contributed by atoms with Gasteiger partial charge >= 0.3 is 5.97 Å². The van der Waals surface area contributed by atoms with E-state index in [4.69, 9.17) is 4.99 Å². The lowest BCUT2D eigenvalue weighted by Crippen LogP contribution is -2.43. The number of aliphatic hydroxyl groups is 1. The molecule has 1 amide bonds. The molecule has 4 aromatic rings. The van der Waals surface area contributed by atoms with Crippen LogP contribution in [-0.4, -0.2) is 75.1 Å². The van der Waals surface area contributed by atoms with Crippen molar-refractivity contribution in [3.63, 3.8) is 0 Å². The van der Waals surface area contributed by atoms with Crippen LogP contribution in [0.4, 0.5) is 11.4 Å². The van der Waals surface area contributed by atoms with Crippen molar-refractivity contribution in [2.24, 2.45) is 4.99 Å². The monoisotopic (exact) mass is 538 g/mol. The molecule has 6 rings (SSSR count). The number of carbonyl (C=O) groups is 2. The molecule has 9 nitrogen and oxygen atoms in total. The number of piperidine rings is 1. The fourth-order valence-corrected chi connectivity index (χ4v) is 5.62. The highest BCUT2D eigenvalue weighted by Crippen LogP contribution is 2.35. The van der Waals surface area contributed by atoms with E-state index in [0.29, 0.717) is 53.8 Å². The number of rotatable bonds is 6. The van der Waals surface area contributed by atoms with E-state index < -0.39 is 5.97 Å². The van der Waals surface area contributed by atoms with Gasteiger partial charge in [-0.05, 0) is 55.2 Å². The van der Waals surface area contributed by atoms with Crippen LogP contribution in [0.5, 0.6) is 5.88 Å². The number of amides is 1.